The first-order valence-electron chi connectivity index (χ1n) is 5.93. The molecule has 0 aliphatic carbocycles. The Morgan fingerprint density at radius 1 is 1.29 bits per heavy atom. The van der Waals surface area contributed by atoms with E-state index in [0.29, 0.717) is 19.6 Å². The molecule has 0 bridgehead atoms. The summed E-state index contributed by atoms with van der Waals surface area (Å²) in [5.41, 5.74) is 0.0346. The molecule has 17 heavy (non-hydrogen) atoms. The minimum absolute atomic E-state index is 0.0346. The van der Waals surface area contributed by atoms with E-state index >= 15 is 0 Å². The summed E-state index contributed by atoms with van der Waals surface area (Å²) in [6.45, 7) is 11.0. The molecule has 0 aromatic heterocycles. The van der Waals surface area contributed by atoms with Crippen LogP contribution in [0, 0.1) is 5.41 Å². The van der Waals surface area contributed by atoms with E-state index in [0.717, 1.165) is 0 Å². The highest BCUT2D eigenvalue weighted by Crippen LogP contribution is 2.54. The third kappa shape index (κ3) is 6.13. The zero-order valence-corrected chi connectivity index (χ0v) is 13.3. The molecule has 0 radical (unpaired) electrons. The molecule has 7 heteroatoms. The average molecular weight is 282 g/mol. The molecule has 1 aliphatic rings. The molecule has 1 aliphatic heterocycles. The van der Waals surface area contributed by atoms with E-state index in [1.54, 1.807) is 0 Å². The van der Waals surface area contributed by atoms with E-state index in [1.807, 2.05) is 13.1 Å². The van der Waals surface area contributed by atoms with Gasteiger partial charge in [0.1, 0.15) is 0 Å². The fourth-order valence-electron chi connectivity index (χ4n) is 1.45. The summed E-state index contributed by atoms with van der Waals surface area (Å²) in [7, 11) is -4.64. The highest BCUT2D eigenvalue weighted by Gasteiger charge is 2.37. The maximum absolute atomic E-state index is 12.0. The van der Waals surface area contributed by atoms with E-state index < -0.39 is 23.2 Å². The summed E-state index contributed by atoms with van der Waals surface area (Å²) in [6, 6.07) is 0. The van der Waals surface area contributed by atoms with Crippen LogP contribution >= 0.6 is 7.82 Å². The lowest BCUT2D eigenvalue weighted by Gasteiger charge is -2.28. The normalized spacial score (nSPS) is 22.0. The highest BCUT2D eigenvalue weighted by atomic mass is 31.2. The topological polar surface area (TPSA) is 54.0 Å². The molecule has 1 rings (SSSR count). The van der Waals surface area contributed by atoms with Gasteiger partial charge in [-0.1, -0.05) is 20.8 Å². The van der Waals surface area contributed by atoms with Gasteiger partial charge in [0.15, 0.2) is 15.3 Å². The fraction of sp³-hybridized carbons (Fsp3) is 1.00. The van der Waals surface area contributed by atoms with Crippen LogP contribution in [0.5, 0.6) is 0 Å². The molecule has 0 amide bonds. The fourth-order valence-corrected chi connectivity index (χ4v) is 3.51. The summed E-state index contributed by atoms with van der Waals surface area (Å²) in [6.07, 6.45) is 0.153. The van der Waals surface area contributed by atoms with Crippen molar-refractivity contribution < 1.29 is 22.6 Å². The number of rotatable bonds is 5. The monoisotopic (exact) mass is 282 g/mol. The van der Waals surface area contributed by atoms with Gasteiger partial charge in [0.05, 0.1) is 13.2 Å². The largest absolute Gasteiger partial charge is 0.477 e. The van der Waals surface area contributed by atoms with Gasteiger partial charge in [-0.3, -0.25) is 13.6 Å². The van der Waals surface area contributed by atoms with Crippen LogP contribution in [0.4, 0.5) is 0 Å². The van der Waals surface area contributed by atoms with Crippen molar-refractivity contribution in [2.24, 2.45) is 5.41 Å². The van der Waals surface area contributed by atoms with Gasteiger partial charge in [-0.2, -0.15) is 0 Å². The summed E-state index contributed by atoms with van der Waals surface area (Å²) in [4.78, 5) is 0. The van der Waals surface area contributed by atoms with E-state index in [4.69, 9.17) is 18.0 Å². The summed E-state index contributed by atoms with van der Waals surface area (Å²) in [5, 5.41) is 0. The van der Waals surface area contributed by atoms with Gasteiger partial charge in [-0.05, 0) is 18.5 Å². The third-order valence-electron chi connectivity index (χ3n) is 2.03. The van der Waals surface area contributed by atoms with Crippen molar-refractivity contribution in [3.8, 4) is 0 Å². The summed E-state index contributed by atoms with van der Waals surface area (Å²) >= 11 is 0. The zero-order chi connectivity index (χ0) is 13.1. The first-order chi connectivity index (χ1) is 7.70. The number of hydrogen-bond acceptors (Lipinski definition) is 5. The van der Waals surface area contributed by atoms with Crippen LogP contribution in [0.25, 0.3) is 0 Å². The van der Waals surface area contributed by atoms with Crippen molar-refractivity contribution in [1.29, 1.82) is 0 Å². The minimum Gasteiger partial charge on any atom is -0.396 e. The number of phosphoric ester groups is 1. The van der Waals surface area contributed by atoms with Gasteiger partial charge in [-0.25, -0.2) is 4.57 Å². The molecule has 5 nitrogen and oxygen atoms in total. The van der Waals surface area contributed by atoms with Crippen LogP contribution in [0.2, 0.25) is 13.1 Å². The predicted molar refractivity (Wildman–Crippen MR) is 68.4 cm³/mol. The van der Waals surface area contributed by atoms with Gasteiger partial charge in [-0.15, -0.1) is 0 Å². The van der Waals surface area contributed by atoms with E-state index in [-0.39, 0.29) is 5.41 Å². The van der Waals surface area contributed by atoms with Crippen LogP contribution in [-0.4, -0.2) is 28.5 Å². The summed E-state index contributed by atoms with van der Waals surface area (Å²) in [5.74, 6) is 0. The Bertz CT molecular complexity index is 279. The van der Waals surface area contributed by atoms with Gasteiger partial charge in [0.25, 0.3) is 0 Å². The predicted octanol–water partition coefficient (Wildman–Crippen LogP) is 2.92. The molecule has 0 aromatic rings. The smallest absolute Gasteiger partial charge is 0.396 e. The van der Waals surface area contributed by atoms with E-state index in [1.165, 1.54) is 0 Å². The first kappa shape index (κ1) is 15.3. The van der Waals surface area contributed by atoms with Crippen LogP contribution in [-0.2, 0) is 22.6 Å². The Labute approximate surface area is 105 Å². The second-order valence-electron chi connectivity index (χ2n) is 5.60. The molecular weight excluding hydrogens is 259 g/mol. The molecule has 0 aromatic carbocycles. The standard InChI is InChI=1S/C10H23O5PSi/c1-10(2,3)8-9(15-17(4)5)14-16(11)12-6-7-13-16/h9,17H,6-8H2,1-5H3. The maximum Gasteiger partial charge on any atom is 0.477 e. The van der Waals surface area contributed by atoms with Crippen molar-refractivity contribution in [2.45, 2.75) is 46.6 Å². The average Bonchev–Trinajstić information content (AvgIpc) is 2.46. The Hall–Kier alpha value is 0.287. The van der Waals surface area contributed by atoms with Crippen molar-refractivity contribution in [3.05, 3.63) is 0 Å². The summed E-state index contributed by atoms with van der Waals surface area (Å²) < 4.78 is 33.1. The highest BCUT2D eigenvalue weighted by molar-refractivity contribution is 7.48. The Morgan fingerprint density at radius 3 is 2.24 bits per heavy atom. The molecule has 1 atom stereocenters. The minimum atomic E-state index is -3.37. The van der Waals surface area contributed by atoms with Gasteiger partial charge < -0.3 is 4.43 Å². The van der Waals surface area contributed by atoms with Crippen LogP contribution < -0.4 is 0 Å². The SMILES string of the molecule is C[SiH](C)OC(CC(C)(C)C)OP1(=O)OCCO1. The second kappa shape index (κ2) is 5.95. The molecule has 1 fully saturated rings. The Balaban J connectivity index is 2.59. The second-order valence-corrected chi connectivity index (χ2v) is 9.59. The zero-order valence-electron chi connectivity index (χ0n) is 11.3. The molecule has 102 valence electrons. The lowest BCUT2D eigenvalue weighted by Crippen LogP contribution is -2.27. The molecule has 0 saturated carbocycles. The maximum atomic E-state index is 12.0. The van der Waals surface area contributed by atoms with E-state index in [9.17, 15) is 4.57 Å². The van der Waals surface area contributed by atoms with Gasteiger partial charge >= 0.3 is 7.82 Å². The quantitative estimate of drug-likeness (QED) is 0.441. The van der Waals surface area contributed by atoms with Crippen molar-refractivity contribution in [1.82, 2.24) is 0 Å². The lowest BCUT2D eigenvalue weighted by molar-refractivity contribution is -0.0423. The molecule has 1 saturated heterocycles. The van der Waals surface area contributed by atoms with Crippen LogP contribution in [0.1, 0.15) is 27.2 Å². The van der Waals surface area contributed by atoms with E-state index in [2.05, 4.69) is 20.8 Å². The Morgan fingerprint density at radius 2 is 1.82 bits per heavy atom. The lowest BCUT2D eigenvalue weighted by atomic mass is 9.92. The first-order valence-corrected chi connectivity index (χ1v) is 10.2. The molecule has 1 heterocycles. The third-order valence-corrected chi connectivity index (χ3v) is 4.37. The number of hydrogen-bond donors (Lipinski definition) is 0. The molecule has 1 unspecified atom stereocenters. The van der Waals surface area contributed by atoms with Crippen LogP contribution in [0.15, 0.2) is 0 Å². The van der Waals surface area contributed by atoms with Crippen molar-refractivity contribution >= 4 is 16.9 Å². The van der Waals surface area contributed by atoms with Crippen molar-refractivity contribution in [3.63, 3.8) is 0 Å². The van der Waals surface area contributed by atoms with Gasteiger partial charge in [0.2, 0.25) is 0 Å². The molecule has 0 N–H and O–H groups in total. The van der Waals surface area contributed by atoms with Crippen LogP contribution in [0.3, 0.4) is 0 Å². The molecular formula is C10H23O5PSi. The van der Waals surface area contributed by atoms with Gasteiger partial charge in [0, 0.05) is 6.42 Å². The Kier molecular flexibility index (Phi) is 5.37. The van der Waals surface area contributed by atoms with Crippen molar-refractivity contribution in [2.75, 3.05) is 13.2 Å². The molecule has 0 spiro atoms. The number of phosphoric acid groups is 1.